The molecule has 0 saturated carbocycles. The lowest BCUT2D eigenvalue weighted by atomic mass is 10.0. The summed E-state index contributed by atoms with van der Waals surface area (Å²) in [5.41, 5.74) is 2.26. The highest BCUT2D eigenvalue weighted by atomic mass is 79.9. The molecule has 0 aliphatic carbocycles. The monoisotopic (exact) mass is 280 g/mol. The van der Waals surface area contributed by atoms with Crippen molar-refractivity contribution in [2.24, 2.45) is 0 Å². The average molecular weight is 281 g/mol. The van der Waals surface area contributed by atoms with Gasteiger partial charge in [-0.25, -0.2) is 0 Å². The van der Waals surface area contributed by atoms with Gasteiger partial charge in [-0.15, -0.1) is 0 Å². The van der Waals surface area contributed by atoms with Gasteiger partial charge < -0.3 is 15.4 Å². The van der Waals surface area contributed by atoms with Gasteiger partial charge in [-0.05, 0) is 28.1 Å². The Morgan fingerprint density at radius 1 is 1.38 bits per heavy atom. The molecule has 0 fully saturated rings. The molecule has 0 unspecified atom stereocenters. The number of carbonyl (C=O) groups excluding carboxylic acids is 1. The summed E-state index contributed by atoms with van der Waals surface area (Å²) in [5, 5.41) is 13.4. The van der Waals surface area contributed by atoms with Crippen LogP contribution in [0.4, 0.5) is 0 Å². The van der Waals surface area contributed by atoms with Crippen molar-refractivity contribution in [3.8, 4) is 5.75 Å². The molecule has 1 amide bonds. The summed E-state index contributed by atoms with van der Waals surface area (Å²) in [6.45, 7) is 0.639. The number of hydrogen-bond acceptors (Lipinski definition) is 2. The molecule has 1 aliphatic rings. The van der Waals surface area contributed by atoms with E-state index in [1.165, 1.54) is 0 Å². The van der Waals surface area contributed by atoms with Gasteiger partial charge in [-0.3, -0.25) is 4.79 Å². The van der Waals surface area contributed by atoms with E-state index in [0.717, 1.165) is 17.6 Å². The normalized spacial score (nSPS) is 14.9. The number of amides is 1. The second-order valence-corrected chi connectivity index (χ2v) is 4.66. The Morgan fingerprint density at radius 2 is 2.19 bits per heavy atom. The van der Waals surface area contributed by atoms with E-state index < -0.39 is 0 Å². The van der Waals surface area contributed by atoms with Crippen molar-refractivity contribution in [2.75, 3.05) is 6.54 Å². The summed E-state index contributed by atoms with van der Waals surface area (Å²) in [6.07, 6.45) is 0.771. The van der Waals surface area contributed by atoms with Crippen molar-refractivity contribution in [1.29, 1.82) is 0 Å². The highest BCUT2D eigenvalue weighted by Gasteiger charge is 2.24. The van der Waals surface area contributed by atoms with Crippen LogP contribution in [0, 0.1) is 0 Å². The standard InChI is InChI=1S/C11H9BrN2O2/c12-5-1-2-6-8(10(5)15)9-7(14-6)3-4-13-11(9)16/h1-2,14-15H,3-4H2,(H,13,16). The number of phenols is 1. The quantitative estimate of drug-likeness (QED) is 0.690. The second-order valence-electron chi connectivity index (χ2n) is 3.80. The Labute approximate surface area is 99.8 Å². The number of rotatable bonds is 0. The van der Waals surface area contributed by atoms with E-state index in [0.29, 0.717) is 22.0 Å². The zero-order valence-electron chi connectivity index (χ0n) is 8.30. The van der Waals surface area contributed by atoms with Gasteiger partial charge in [0.15, 0.2) is 0 Å². The third kappa shape index (κ3) is 1.18. The number of benzene rings is 1. The minimum atomic E-state index is -0.124. The number of nitrogens with one attached hydrogen (secondary N) is 2. The molecule has 3 rings (SSSR count). The first kappa shape index (κ1) is 9.72. The third-order valence-electron chi connectivity index (χ3n) is 2.85. The molecule has 2 heterocycles. The van der Waals surface area contributed by atoms with Crippen LogP contribution >= 0.6 is 15.9 Å². The van der Waals surface area contributed by atoms with Gasteiger partial charge >= 0.3 is 0 Å². The maximum atomic E-state index is 11.8. The van der Waals surface area contributed by atoms with Gasteiger partial charge in [0.25, 0.3) is 5.91 Å². The van der Waals surface area contributed by atoms with Gasteiger partial charge in [-0.1, -0.05) is 0 Å². The van der Waals surface area contributed by atoms with Crippen LogP contribution in [0.1, 0.15) is 16.1 Å². The fraction of sp³-hybridized carbons (Fsp3) is 0.182. The number of aromatic hydroxyl groups is 1. The first-order valence-electron chi connectivity index (χ1n) is 4.98. The smallest absolute Gasteiger partial charge is 0.253 e. The Morgan fingerprint density at radius 3 is 3.00 bits per heavy atom. The minimum Gasteiger partial charge on any atom is -0.506 e. The van der Waals surface area contributed by atoms with E-state index in [1.54, 1.807) is 6.07 Å². The predicted molar refractivity (Wildman–Crippen MR) is 63.7 cm³/mol. The Balaban J connectivity index is 2.44. The maximum Gasteiger partial charge on any atom is 0.253 e. The lowest BCUT2D eigenvalue weighted by molar-refractivity contribution is 0.0947. The molecule has 0 radical (unpaired) electrons. The first-order chi connectivity index (χ1) is 7.68. The number of fused-ring (bicyclic) bond motifs is 3. The molecule has 5 heteroatoms. The summed E-state index contributed by atoms with van der Waals surface area (Å²) in [7, 11) is 0. The predicted octanol–water partition coefficient (Wildman–Crippen LogP) is 1.92. The fourth-order valence-corrected chi connectivity index (χ4v) is 2.46. The molecule has 16 heavy (non-hydrogen) atoms. The van der Waals surface area contributed by atoms with E-state index in [2.05, 4.69) is 26.2 Å². The summed E-state index contributed by atoms with van der Waals surface area (Å²) in [6, 6.07) is 3.61. The van der Waals surface area contributed by atoms with Crippen LogP contribution in [-0.2, 0) is 6.42 Å². The summed E-state index contributed by atoms with van der Waals surface area (Å²) >= 11 is 3.25. The first-order valence-corrected chi connectivity index (χ1v) is 5.78. The molecular formula is C11H9BrN2O2. The Bertz CT molecular complexity index is 604. The number of aromatic amines is 1. The van der Waals surface area contributed by atoms with Gasteiger partial charge in [0.2, 0.25) is 0 Å². The SMILES string of the molecule is O=C1NCCc2[nH]c3ccc(Br)c(O)c3c21. The number of phenolic OH excluding ortho intramolecular Hbond substituents is 1. The van der Waals surface area contributed by atoms with Crippen LogP contribution in [0.25, 0.3) is 10.9 Å². The summed E-state index contributed by atoms with van der Waals surface area (Å²) in [5.74, 6) is -0.00653. The zero-order chi connectivity index (χ0) is 11.3. The van der Waals surface area contributed by atoms with Crippen molar-refractivity contribution in [2.45, 2.75) is 6.42 Å². The average Bonchev–Trinajstić information content (AvgIpc) is 2.64. The Hall–Kier alpha value is -1.49. The van der Waals surface area contributed by atoms with Crippen LogP contribution in [0.3, 0.4) is 0 Å². The maximum absolute atomic E-state index is 11.8. The Kier molecular flexibility index (Phi) is 1.97. The van der Waals surface area contributed by atoms with Crippen LogP contribution in [0.5, 0.6) is 5.75 Å². The molecule has 1 aromatic heterocycles. The highest BCUT2D eigenvalue weighted by molar-refractivity contribution is 9.10. The fourth-order valence-electron chi connectivity index (χ4n) is 2.13. The van der Waals surface area contributed by atoms with E-state index in [4.69, 9.17) is 0 Å². The lowest BCUT2D eigenvalue weighted by Crippen LogP contribution is -2.31. The molecule has 1 aromatic carbocycles. The van der Waals surface area contributed by atoms with E-state index in [9.17, 15) is 9.90 Å². The van der Waals surface area contributed by atoms with Gasteiger partial charge in [0.05, 0.1) is 20.9 Å². The van der Waals surface area contributed by atoms with Crippen molar-refractivity contribution in [1.82, 2.24) is 10.3 Å². The second kappa shape index (κ2) is 3.25. The van der Waals surface area contributed by atoms with E-state index in [-0.39, 0.29) is 11.7 Å². The van der Waals surface area contributed by atoms with Crippen LogP contribution in [-0.4, -0.2) is 22.5 Å². The molecule has 82 valence electrons. The van der Waals surface area contributed by atoms with Crippen LogP contribution in [0.15, 0.2) is 16.6 Å². The van der Waals surface area contributed by atoms with Crippen molar-refractivity contribution < 1.29 is 9.90 Å². The summed E-state index contributed by atoms with van der Waals surface area (Å²) < 4.78 is 0.597. The lowest BCUT2D eigenvalue weighted by Gasteiger charge is -2.12. The third-order valence-corrected chi connectivity index (χ3v) is 3.49. The molecule has 1 aliphatic heterocycles. The zero-order valence-corrected chi connectivity index (χ0v) is 9.89. The highest BCUT2D eigenvalue weighted by Crippen LogP contribution is 2.36. The molecule has 0 atom stereocenters. The largest absolute Gasteiger partial charge is 0.506 e. The van der Waals surface area contributed by atoms with Gasteiger partial charge in [0.1, 0.15) is 5.75 Å². The number of halogens is 1. The molecule has 2 aromatic rings. The number of hydrogen-bond donors (Lipinski definition) is 3. The number of aromatic nitrogens is 1. The number of H-pyrrole nitrogens is 1. The molecule has 0 saturated heterocycles. The van der Waals surface area contributed by atoms with E-state index in [1.807, 2.05) is 6.07 Å². The minimum absolute atomic E-state index is 0.118. The van der Waals surface area contributed by atoms with Gasteiger partial charge in [-0.2, -0.15) is 0 Å². The molecule has 4 nitrogen and oxygen atoms in total. The molecule has 0 spiro atoms. The number of carbonyl (C=O) groups is 1. The molecule has 3 N–H and O–H groups in total. The van der Waals surface area contributed by atoms with Crippen LogP contribution in [0.2, 0.25) is 0 Å². The van der Waals surface area contributed by atoms with Crippen molar-refractivity contribution in [3.63, 3.8) is 0 Å². The molecular weight excluding hydrogens is 272 g/mol. The van der Waals surface area contributed by atoms with Gasteiger partial charge in [0, 0.05) is 18.7 Å². The van der Waals surface area contributed by atoms with Crippen molar-refractivity contribution in [3.05, 3.63) is 27.9 Å². The van der Waals surface area contributed by atoms with Crippen molar-refractivity contribution >= 4 is 32.7 Å². The molecule has 0 bridgehead atoms. The van der Waals surface area contributed by atoms with E-state index >= 15 is 0 Å². The topological polar surface area (TPSA) is 65.1 Å². The van der Waals surface area contributed by atoms with Crippen LogP contribution < -0.4 is 5.32 Å². The summed E-state index contributed by atoms with van der Waals surface area (Å²) in [4.78, 5) is 14.9.